The van der Waals surface area contributed by atoms with Gasteiger partial charge in [0, 0.05) is 12.1 Å². The quantitative estimate of drug-likeness (QED) is 0.227. The number of imidazole rings is 1. The van der Waals surface area contributed by atoms with Crippen molar-refractivity contribution >= 4 is 10.0 Å². The second-order valence-electron chi connectivity index (χ2n) is 8.74. The molecule has 0 aliphatic heterocycles. The average molecular weight is 488 g/mol. The maximum Gasteiger partial charge on any atom is 0.240 e. The van der Waals surface area contributed by atoms with Gasteiger partial charge in [-0.15, -0.1) is 0 Å². The van der Waals surface area contributed by atoms with E-state index in [1.807, 2.05) is 60.7 Å². The van der Waals surface area contributed by atoms with Gasteiger partial charge in [0.25, 0.3) is 0 Å². The molecule has 4 rings (SSSR count). The summed E-state index contributed by atoms with van der Waals surface area (Å²) >= 11 is 0. The molecule has 2 N–H and O–H groups in total. The number of unbranched alkanes of at least 4 members (excludes halogenated alkanes) is 2. The number of benzene rings is 3. The molecule has 6 heteroatoms. The number of aryl methyl sites for hydroxylation is 2. The fraction of sp³-hybridized carbons (Fsp3) is 0.276. The Labute approximate surface area is 208 Å². The number of aromatic nitrogens is 2. The van der Waals surface area contributed by atoms with Gasteiger partial charge in [-0.3, -0.25) is 0 Å². The second kappa shape index (κ2) is 12.0. The van der Waals surface area contributed by atoms with Gasteiger partial charge < -0.3 is 4.98 Å². The Morgan fingerprint density at radius 2 is 1.43 bits per heavy atom. The molecule has 0 radical (unpaired) electrons. The molecule has 1 heterocycles. The molecule has 0 amide bonds. The van der Waals surface area contributed by atoms with Crippen molar-refractivity contribution in [3.05, 3.63) is 96.2 Å². The zero-order valence-corrected chi connectivity index (χ0v) is 21.0. The molecule has 182 valence electrons. The van der Waals surface area contributed by atoms with E-state index >= 15 is 0 Å². The fourth-order valence-electron chi connectivity index (χ4n) is 4.13. The highest BCUT2D eigenvalue weighted by Gasteiger charge is 2.16. The lowest BCUT2D eigenvalue weighted by Gasteiger charge is -2.08. The molecule has 0 fully saturated rings. The van der Waals surface area contributed by atoms with Crippen LogP contribution in [0.5, 0.6) is 0 Å². The number of sulfonamides is 1. The van der Waals surface area contributed by atoms with Crippen molar-refractivity contribution in [3.63, 3.8) is 0 Å². The van der Waals surface area contributed by atoms with Gasteiger partial charge >= 0.3 is 0 Å². The van der Waals surface area contributed by atoms with E-state index < -0.39 is 10.0 Å². The zero-order chi connectivity index (χ0) is 24.5. The van der Waals surface area contributed by atoms with E-state index in [2.05, 4.69) is 28.8 Å². The van der Waals surface area contributed by atoms with Crippen LogP contribution in [0.25, 0.3) is 22.6 Å². The molecule has 3 aromatic carbocycles. The SMILES string of the molecule is CCCCCc1ccc(S(=O)(=O)NCCCc2nc(-c3ccccc3)[nH]c2-c2ccccc2)cc1. The summed E-state index contributed by atoms with van der Waals surface area (Å²) in [6, 6.07) is 27.4. The standard InChI is InChI=1S/C29H33N3O2S/c1-2-3-6-12-23-18-20-26(21-19-23)35(33,34)30-22-11-17-27-28(24-13-7-4-8-14-24)32-29(31-27)25-15-9-5-10-16-25/h4-5,7-10,13-16,18-21,30H,2-3,6,11-12,17,22H2,1H3,(H,31,32). The Kier molecular flexibility index (Phi) is 8.50. The number of aromatic amines is 1. The highest BCUT2D eigenvalue weighted by molar-refractivity contribution is 7.89. The van der Waals surface area contributed by atoms with Gasteiger partial charge in [0.05, 0.1) is 16.3 Å². The molecule has 0 aliphatic carbocycles. The third-order valence-corrected chi connectivity index (χ3v) is 7.55. The molecule has 0 bridgehead atoms. The molecule has 5 nitrogen and oxygen atoms in total. The molecule has 4 aromatic rings. The monoisotopic (exact) mass is 487 g/mol. The van der Waals surface area contributed by atoms with Crippen molar-refractivity contribution < 1.29 is 8.42 Å². The first-order valence-corrected chi connectivity index (χ1v) is 13.8. The number of hydrogen-bond acceptors (Lipinski definition) is 3. The Morgan fingerprint density at radius 1 is 0.771 bits per heavy atom. The van der Waals surface area contributed by atoms with Crippen LogP contribution in [0.3, 0.4) is 0 Å². The maximum atomic E-state index is 12.8. The first-order valence-electron chi connectivity index (χ1n) is 12.3. The molecule has 0 saturated heterocycles. The lowest BCUT2D eigenvalue weighted by atomic mass is 10.1. The van der Waals surface area contributed by atoms with Gasteiger partial charge in [0.15, 0.2) is 0 Å². The number of H-pyrrole nitrogens is 1. The van der Waals surface area contributed by atoms with Gasteiger partial charge in [-0.1, -0.05) is 92.6 Å². The Hall–Kier alpha value is -3.22. The van der Waals surface area contributed by atoms with Gasteiger partial charge in [-0.05, 0) is 48.9 Å². The topological polar surface area (TPSA) is 74.8 Å². The molecular formula is C29H33N3O2S. The smallest absolute Gasteiger partial charge is 0.240 e. The maximum absolute atomic E-state index is 12.8. The van der Waals surface area contributed by atoms with Crippen molar-refractivity contribution in [2.24, 2.45) is 0 Å². The normalized spacial score (nSPS) is 11.6. The molecule has 0 atom stereocenters. The van der Waals surface area contributed by atoms with Crippen LogP contribution < -0.4 is 4.72 Å². The summed E-state index contributed by atoms with van der Waals surface area (Å²) in [5.41, 5.74) is 5.18. The number of hydrogen-bond donors (Lipinski definition) is 2. The third kappa shape index (κ3) is 6.68. The summed E-state index contributed by atoms with van der Waals surface area (Å²) in [7, 11) is -3.53. The van der Waals surface area contributed by atoms with Crippen molar-refractivity contribution in [1.29, 1.82) is 0 Å². The van der Waals surface area contributed by atoms with E-state index in [4.69, 9.17) is 4.98 Å². The van der Waals surface area contributed by atoms with E-state index in [1.54, 1.807) is 12.1 Å². The van der Waals surface area contributed by atoms with Crippen LogP contribution >= 0.6 is 0 Å². The molecule has 0 unspecified atom stereocenters. The minimum atomic E-state index is -3.53. The molecule has 0 aliphatic rings. The van der Waals surface area contributed by atoms with E-state index in [9.17, 15) is 8.42 Å². The largest absolute Gasteiger partial charge is 0.338 e. The van der Waals surface area contributed by atoms with Crippen LogP contribution in [-0.4, -0.2) is 24.9 Å². The average Bonchev–Trinajstić information content (AvgIpc) is 3.32. The van der Waals surface area contributed by atoms with E-state index in [1.165, 1.54) is 18.4 Å². The van der Waals surface area contributed by atoms with Crippen LogP contribution in [-0.2, 0) is 22.9 Å². The van der Waals surface area contributed by atoms with E-state index in [0.717, 1.165) is 41.2 Å². The van der Waals surface area contributed by atoms with Crippen molar-refractivity contribution in [1.82, 2.24) is 14.7 Å². The zero-order valence-electron chi connectivity index (χ0n) is 20.2. The summed E-state index contributed by atoms with van der Waals surface area (Å²) in [4.78, 5) is 8.64. The Balaban J connectivity index is 1.40. The molecule has 0 spiro atoms. The van der Waals surface area contributed by atoms with Crippen LogP contribution in [0.15, 0.2) is 89.8 Å². The summed E-state index contributed by atoms with van der Waals surface area (Å²) in [6.45, 7) is 2.53. The minimum absolute atomic E-state index is 0.313. The first kappa shape index (κ1) is 24.9. The first-order chi connectivity index (χ1) is 17.1. The molecule has 1 aromatic heterocycles. The van der Waals surface area contributed by atoms with E-state index in [0.29, 0.717) is 24.3 Å². The van der Waals surface area contributed by atoms with Gasteiger partial charge in [0.1, 0.15) is 5.82 Å². The fourth-order valence-corrected chi connectivity index (χ4v) is 5.20. The number of rotatable bonds is 12. The van der Waals surface area contributed by atoms with Gasteiger partial charge in [-0.2, -0.15) is 0 Å². The highest BCUT2D eigenvalue weighted by atomic mass is 32.2. The molecule has 0 saturated carbocycles. The highest BCUT2D eigenvalue weighted by Crippen LogP contribution is 2.27. The summed E-state index contributed by atoms with van der Waals surface area (Å²) in [5.74, 6) is 0.819. The van der Waals surface area contributed by atoms with Crippen LogP contribution in [0.4, 0.5) is 0 Å². The third-order valence-electron chi connectivity index (χ3n) is 6.07. The predicted molar refractivity (Wildman–Crippen MR) is 143 cm³/mol. The van der Waals surface area contributed by atoms with Gasteiger partial charge in [-0.25, -0.2) is 18.1 Å². The van der Waals surface area contributed by atoms with Crippen LogP contribution in [0.1, 0.15) is 43.9 Å². The minimum Gasteiger partial charge on any atom is -0.338 e. The van der Waals surface area contributed by atoms with Crippen molar-refractivity contribution in [3.8, 4) is 22.6 Å². The lowest BCUT2D eigenvalue weighted by Crippen LogP contribution is -2.25. The summed E-state index contributed by atoms with van der Waals surface area (Å²) in [5, 5.41) is 0. The van der Waals surface area contributed by atoms with Crippen LogP contribution in [0, 0.1) is 0 Å². The molecular weight excluding hydrogens is 454 g/mol. The Bertz CT molecular complexity index is 1300. The van der Waals surface area contributed by atoms with E-state index in [-0.39, 0.29) is 0 Å². The van der Waals surface area contributed by atoms with Gasteiger partial charge in [0.2, 0.25) is 10.0 Å². The van der Waals surface area contributed by atoms with Crippen LogP contribution in [0.2, 0.25) is 0 Å². The lowest BCUT2D eigenvalue weighted by molar-refractivity contribution is 0.578. The second-order valence-corrected chi connectivity index (χ2v) is 10.5. The number of nitrogens with one attached hydrogen (secondary N) is 2. The van der Waals surface area contributed by atoms with Crippen molar-refractivity contribution in [2.75, 3.05) is 6.54 Å². The van der Waals surface area contributed by atoms with Crippen molar-refractivity contribution in [2.45, 2.75) is 50.3 Å². The summed E-state index contributed by atoms with van der Waals surface area (Å²) in [6.07, 6.45) is 5.79. The molecule has 35 heavy (non-hydrogen) atoms. The Morgan fingerprint density at radius 3 is 2.09 bits per heavy atom. The predicted octanol–water partition coefficient (Wildman–Crippen LogP) is 6.39. The number of nitrogens with zero attached hydrogens (tertiary/aromatic N) is 1. The summed E-state index contributed by atoms with van der Waals surface area (Å²) < 4.78 is 28.3.